The van der Waals surface area contributed by atoms with Crippen LogP contribution in [-0.2, 0) is 0 Å². The molecule has 20 heavy (non-hydrogen) atoms. The molecule has 0 aromatic heterocycles. The van der Waals surface area contributed by atoms with Gasteiger partial charge in [0.15, 0.2) is 11.6 Å². The van der Waals surface area contributed by atoms with Crippen molar-refractivity contribution in [1.82, 2.24) is 4.90 Å². The summed E-state index contributed by atoms with van der Waals surface area (Å²) in [6.45, 7) is 8.23. The number of nitrogens with two attached hydrogens (primary N) is 1. The molecule has 0 aliphatic carbocycles. The average Bonchev–Trinajstić information content (AvgIpc) is 2.30. The summed E-state index contributed by atoms with van der Waals surface area (Å²) < 4.78 is 24.9. The van der Waals surface area contributed by atoms with Crippen molar-refractivity contribution in [3.05, 3.63) is 17.9 Å². The number of halogens is 1. The van der Waals surface area contributed by atoms with Crippen LogP contribution in [0, 0.1) is 5.82 Å². The number of ether oxygens (including phenoxy) is 2. The molecule has 0 bridgehead atoms. The maximum atomic E-state index is 13.7. The fourth-order valence-electron chi connectivity index (χ4n) is 1.40. The van der Waals surface area contributed by atoms with Gasteiger partial charge >= 0.3 is 0 Å². The van der Waals surface area contributed by atoms with Gasteiger partial charge < -0.3 is 20.1 Å². The molecule has 0 radical (unpaired) electrons. The Labute approximate surface area is 120 Å². The third-order valence-corrected chi connectivity index (χ3v) is 3.22. The molecule has 0 aliphatic rings. The lowest BCUT2D eigenvalue weighted by atomic mass is 10.1. The third-order valence-electron chi connectivity index (χ3n) is 3.22. The first-order chi connectivity index (χ1) is 9.13. The van der Waals surface area contributed by atoms with Gasteiger partial charge in [-0.1, -0.05) is 0 Å². The quantitative estimate of drug-likeness (QED) is 0.816. The summed E-state index contributed by atoms with van der Waals surface area (Å²) in [5, 5.41) is 0. The largest absolute Gasteiger partial charge is 0.489 e. The second kappa shape index (κ2) is 6.31. The third kappa shape index (κ3) is 4.27. The maximum Gasteiger partial charge on any atom is 0.167 e. The molecule has 1 aromatic carbocycles. The minimum absolute atomic E-state index is 0.112. The Morgan fingerprint density at radius 1 is 1.25 bits per heavy atom. The van der Waals surface area contributed by atoms with Crippen LogP contribution < -0.4 is 15.2 Å². The molecule has 0 unspecified atom stereocenters. The fourth-order valence-corrected chi connectivity index (χ4v) is 1.40. The summed E-state index contributed by atoms with van der Waals surface area (Å²) in [5.41, 5.74) is 5.91. The highest BCUT2D eigenvalue weighted by molar-refractivity contribution is 5.56. The normalized spacial score (nSPS) is 12.1. The molecule has 4 nitrogen and oxygen atoms in total. The summed E-state index contributed by atoms with van der Waals surface area (Å²) in [4.78, 5) is 2.05. The van der Waals surface area contributed by atoms with E-state index >= 15 is 0 Å². The van der Waals surface area contributed by atoms with Gasteiger partial charge in [-0.3, -0.25) is 0 Å². The molecule has 0 saturated carbocycles. The number of anilines is 1. The molecular formula is C15H25FN2O2. The number of rotatable bonds is 6. The lowest BCUT2D eigenvalue weighted by molar-refractivity contribution is 0.114. The smallest absolute Gasteiger partial charge is 0.167 e. The van der Waals surface area contributed by atoms with Gasteiger partial charge in [-0.05, 0) is 41.8 Å². The van der Waals surface area contributed by atoms with Crippen LogP contribution in [0.4, 0.5) is 10.1 Å². The number of likely N-dealkylation sites (N-methyl/N-ethyl adjacent to an activating group) is 1. The van der Waals surface area contributed by atoms with Crippen molar-refractivity contribution < 1.29 is 13.9 Å². The van der Waals surface area contributed by atoms with E-state index in [0.717, 1.165) is 0 Å². The van der Waals surface area contributed by atoms with Crippen LogP contribution in [-0.4, -0.2) is 37.2 Å². The number of benzene rings is 1. The van der Waals surface area contributed by atoms with Crippen molar-refractivity contribution in [1.29, 1.82) is 0 Å². The van der Waals surface area contributed by atoms with Gasteiger partial charge in [0.2, 0.25) is 0 Å². The molecule has 0 aliphatic heterocycles. The van der Waals surface area contributed by atoms with Crippen molar-refractivity contribution >= 4 is 5.69 Å². The minimum atomic E-state index is -0.476. The van der Waals surface area contributed by atoms with Crippen LogP contribution in [0.15, 0.2) is 12.1 Å². The Hall–Kier alpha value is -1.49. The SMILES string of the molecule is CC(C)Oc1cc(OCC(C)(C)N(C)C)c(N)cc1F. The highest BCUT2D eigenvalue weighted by atomic mass is 19.1. The average molecular weight is 284 g/mol. The number of nitrogens with zero attached hydrogens (tertiary/aromatic N) is 1. The second-order valence-electron chi connectivity index (χ2n) is 5.98. The Bertz CT molecular complexity index is 459. The Kier molecular flexibility index (Phi) is 5.22. The molecule has 1 aromatic rings. The molecule has 1 rings (SSSR count). The van der Waals surface area contributed by atoms with Crippen LogP contribution in [0.1, 0.15) is 27.7 Å². The first kappa shape index (κ1) is 16.6. The fraction of sp³-hybridized carbons (Fsp3) is 0.600. The molecule has 0 heterocycles. The molecule has 0 amide bonds. The summed E-state index contributed by atoms with van der Waals surface area (Å²) in [7, 11) is 3.95. The number of hydrogen-bond acceptors (Lipinski definition) is 4. The first-order valence-electron chi connectivity index (χ1n) is 6.69. The number of hydrogen-bond donors (Lipinski definition) is 1. The van der Waals surface area contributed by atoms with E-state index < -0.39 is 5.82 Å². The van der Waals surface area contributed by atoms with Crippen LogP contribution in [0.3, 0.4) is 0 Å². The van der Waals surface area contributed by atoms with Crippen molar-refractivity contribution in [2.24, 2.45) is 0 Å². The Balaban J connectivity index is 2.90. The van der Waals surface area contributed by atoms with Crippen LogP contribution in [0.5, 0.6) is 11.5 Å². The van der Waals surface area contributed by atoms with Crippen LogP contribution in [0.2, 0.25) is 0 Å². The van der Waals surface area contributed by atoms with Crippen molar-refractivity contribution in [2.45, 2.75) is 39.3 Å². The van der Waals surface area contributed by atoms with Crippen molar-refractivity contribution in [3.63, 3.8) is 0 Å². The molecule has 0 saturated heterocycles. The van der Waals surface area contributed by atoms with Crippen molar-refractivity contribution in [3.8, 4) is 11.5 Å². The van der Waals surface area contributed by atoms with Gasteiger partial charge in [-0.2, -0.15) is 0 Å². The second-order valence-corrected chi connectivity index (χ2v) is 5.98. The molecule has 0 fully saturated rings. The highest BCUT2D eigenvalue weighted by Gasteiger charge is 2.22. The topological polar surface area (TPSA) is 47.7 Å². The van der Waals surface area contributed by atoms with E-state index in [0.29, 0.717) is 12.4 Å². The Morgan fingerprint density at radius 3 is 2.35 bits per heavy atom. The van der Waals surface area contributed by atoms with E-state index in [1.807, 2.05) is 27.9 Å². The zero-order valence-corrected chi connectivity index (χ0v) is 13.2. The van der Waals surface area contributed by atoms with E-state index in [2.05, 4.69) is 18.7 Å². The predicted molar refractivity (Wildman–Crippen MR) is 79.8 cm³/mol. The predicted octanol–water partition coefficient (Wildman–Crippen LogP) is 2.91. The zero-order valence-electron chi connectivity index (χ0n) is 13.2. The summed E-state index contributed by atoms with van der Waals surface area (Å²) >= 11 is 0. The Morgan fingerprint density at radius 2 is 1.85 bits per heavy atom. The van der Waals surface area contributed by atoms with E-state index in [9.17, 15) is 4.39 Å². The monoisotopic (exact) mass is 284 g/mol. The molecule has 5 heteroatoms. The minimum Gasteiger partial charge on any atom is -0.489 e. The van der Waals surface area contributed by atoms with Gasteiger partial charge in [0.05, 0.1) is 11.8 Å². The van der Waals surface area contributed by atoms with E-state index in [4.69, 9.17) is 15.2 Å². The lowest BCUT2D eigenvalue weighted by Crippen LogP contribution is -2.43. The van der Waals surface area contributed by atoms with Gasteiger partial charge in [-0.15, -0.1) is 0 Å². The van der Waals surface area contributed by atoms with Gasteiger partial charge in [0, 0.05) is 17.7 Å². The van der Waals surface area contributed by atoms with Gasteiger partial charge in [-0.25, -0.2) is 4.39 Å². The molecule has 0 spiro atoms. The molecule has 0 atom stereocenters. The molecular weight excluding hydrogens is 259 g/mol. The molecule has 114 valence electrons. The van der Waals surface area contributed by atoms with E-state index in [1.165, 1.54) is 12.1 Å². The summed E-state index contributed by atoms with van der Waals surface area (Å²) in [6, 6.07) is 2.74. The standard InChI is InChI=1S/C15H25FN2O2/c1-10(2)20-13-8-14(12(17)7-11(13)16)19-9-15(3,4)18(5)6/h7-8,10H,9,17H2,1-6H3. The lowest BCUT2D eigenvalue weighted by Gasteiger charge is -2.32. The zero-order chi connectivity index (χ0) is 15.5. The first-order valence-corrected chi connectivity index (χ1v) is 6.69. The van der Waals surface area contributed by atoms with Gasteiger partial charge in [0.1, 0.15) is 12.4 Å². The van der Waals surface area contributed by atoms with Crippen molar-refractivity contribution in [2.75, 3.05) is 26.4 Å². The summed E-state index contributed by atoms with van der Waals surface area (Å²) in [6.07, 6.45) is -0.112. The number of nitrogen functional groups attached to an aromatic ring is 1. The highest BCUT2D eigenvalue weighted by Crippen LogP contribution is 2.31. The van der Waals surface area contributed by atoms with Crippen LogP contribution in [0.25, 0.3) is 0 Å². The van der Waals surface area contributed by atoms with Crippen LogP contribution >= 0.6 is 0 Å². The van der Waals surface area contributed by atoms with Gasteiger partial charge in [0.25, 0.3) is 0 Å². The maximum absolute atomic E-state index is 13.7. The molecule has 2 N–H and O–H groups in total. The van der Waals surface area contributed by atoms with E-state index in [1.54, 1.807) is 0 Å². The van der Waals surface area contributed by atoms with E-state index in [-0.39, 0.29) is 23.1 Å². The summed E-state index contributed by atoms with van der Waals surface area (Å²) in [5.74, 6) is 0.124.